The summed E-state index contributed by atoms with van der Waals surface area (Å²) in [6, 6.07) is 25.4. The Kier molecular flexibility index (Phi) is 7.07. The molecule has 0 bridgehead atoms. The second-order valence-electron chi connectivity index (χ2n) is 13.4. The molecule has 5 aromatic carbocycles. The van der Waals surface area contributed by atoms with E-state index in [0.29, 0.717) is 24.3 Å². The Labute approximate surface area is 297 Å². The zero-order chi connectivity index (χ0) is 38.9. The molecule has 16 heteroatoms. The van der Waals surface area contributed by atoms with Crippen molar-refractivity contribution in [1.82, 2.24) is 0 Å². The summed E-state index contributed by atoms with van der Waals surface area (Å²) >= 11 is 0. The summed E-state index contributed by atoms with van der Waals surface area (Å²) in [5.74, 6) is 0. The molecule has 1 saturated heterocycles. The second-order valence-corrected chi connectivity index (χ2v) is 18.3. The summed E-state index contributed by atoms with van der Waals surface area (Å²) in [6.07, 6.45) is -26.3. The van der Waals surface area contributed by atoms with Crippen molar-refractivity contribution < 1.29 is 66.3 Å². The second kappa shape index (κ2) is 10.4. The maximum atomic E-state index is 15.8. The van der Waals surface area contributed by atoms with Crippen LogP contribution in [-0.2, 0) is 30.4 Å². The van der Waals surface area contributed by atoms with Crippen LogP contribution in [0.1, 0.15) is 33.5 Å². The van der Waals surface area contributed by atoms with Crippen LogP contribution in [0.5, 0.6) is 0 Å². The van der Waals surface area contributed by atoms with Crippen molar-refractivity contribution in [3.63, 3.8) is 0 Å². The molecule has 8 rings (SSSR count). The fourth-order valence-electron chi connectivity index (χ4n) is 9.16. The fraction of sp³-hybridized carbons (Fsp3) is 0.211. The van der Waals surface area contributed by atoms with Gasteiger partial charge in [-0.05, 0) is 0 Å². The molecule has 1 unspecified atom stereocenters. The molecule has 3 nitrogen and oxygen atoms in total. The van der Waals surface area contributed by atoms with Gasteiger partial charge in [-0.15, -0.1) is 0 Å². The van der Waals surface area contributed by atoms with Gasteiger partial charge in [0.15, 0.2) is 0 Å². The third-order valence-electron chi connectivity index (χ3n) is 10.8. The number of benzene rings is 5. The number of hydrogen-bond donors (Lipinski definition) is 0. The van der Waals surface area contributed by atoms with E-state index in [1.54, 1.807) is 0 Å². The first-order chi connectivity index (χ1) is 25.2. The van der Waals surface area contributed by atoms with Crippen LogP contribution in [0.4, 0.5) is 52.7 Å². The number of fused-ring (bicyclic) bond motifs is 2. The summed E-state index contributed by atoms with van der Waals surface area (Å²) < 4.78 is 207. The number of alkyl halides is 12. The molecule has 0 saturated carbocycles. The van der Waals surface area contributed by atoms with E-state index in [1.807, 2.05) is 0 Å². The summed E-state index contributed by atoms with van der Waals surface area (Å²) in [4.78, 5) is 0. The molecule has 3 aliphatic heterocycles. The first kappa shape index (κ1) is 36.5. The van der Waals surface area contributed by atoms with Crippen LogP contribution < -0.4 is 10.6 Å². The molecule has 0 aromatic heterocycles. The van der Waals surface area contributed by atoms with Gasteiger partial charge < -0.3 is 0 Å². The van der Waals surface area contributed by atoms with Crippen LogP contribution in [0.3, 0.4) is 0 Å². The average molecular weight is 788 g/mol. The van der Waals surface area contributed by atoms with E-state index in [-0.39, 0.29) is 16.7 Å². The zero-order valence-electron chi connectivity index (χ0n) is 27.1. The van der Waals surface area contributed by atoms with Crippen molar-refractivity contribution in [1.29, 1.82) is 0 Å². The first-order valence-electron chi connectivity index (χ1n) is 16.1. The topological polar surface area (TPSA) is 27.7 Å². The first-order valence-corrected chi connectivity index (χ1v) is 18.6. The molecule has 1 spiro atoms. The standard InChI is InChI=1S/C38H24F12O3P/c39-35(40,41)33(36(42,43)44)27-20-10-12-22-29(27)54(52-33,30-23-13-11-21-28(30)34(53-54,37(45,46)47)38(48,49)50)31(24-14-4-1-5-15-24)32(51-54,25-16-6-2-7-17-25)26-18-8-3-9-19-26/h1-23,31H/q-1. The average Bonchev–Trinajstić information content (AvgIpc) is 3.54. The molecule has 0 N–H and O–H groups in total. The molecular weight excluding hydrogens is 763 g/mol. The fourth-order valence-corrected chi connectivity index (χ4v) is 18.2. The van der Waals surface area contributed by atoms with Crippen LogP contribution in [0.25, 0.3) is 0 Å². The van der Waals surface area contributed by atoms with Crippen molar-refractivity contribution in [2.45, 2.75) is 47.2 Å². The maximum absolute atomic E-state index is 15.8. The van der Waals surface area contributed by atoms with E-state index in [1.165, 1.54) is 91.0 Å². The Morgan fingerprint density at radius 2 is 0.704 bits per heavy atom. The molecule has 1 atom stereocenters. The third-order valence-corrected chi connectivity index (χ3v) is 17.8. The van der Waals surface area contributed by atoms with Crippen LogP contribution in [-0.4, -0.2) is 24.7 Å². The summed E-state index contributed by atoms with van der Waals surface area (Å²) in [7, 11) is 0. The molecule has 1 fully saturated rings. The quantitative estimate of drug-likeness (QED) is 0.135. The predicted molar refractivity (Wildman–Crippen MR) is 173 cm³/mol. The Hall–Kier alpha value is -4.43. The summed E-state index contributed by atoms with van der Waals surface area (Å²) in [6.45, 7) is -8.57. The molecule has 0 radical (unpaired) electrons. The van der Waals surface area contributed by atoms with Gasteiger partial charge in [0.2, 0.25) is 0 Å². The van der Waals surface area contributed by atoms with Crippen molar-refractivity contribution in [3.8, 4) is 0 Å². The van der Waals surface area contributed by atoms with Gasteiger partial charge in [0.1, 0.15) is 0 Å². The van der Waals surface area contributed by atoms with Crippen molar-refractivity contribution in [2.75, 3.05) is 0 Å². The Morgan fingerprint density at radius 1 is 0.389 bits per heavy atom. The Bertz CT molecular complexity index is 2130. The van der Waals surface area contributed by atoms with Crippen molar-refractivity contribution in [3.05, 3.63) is 167 Å². The van der Waals surface area contributed by atoms with Crippen molar-refractivity contribution >= 4 is 17.2 Å². The van der Waals surface area contributed by atoms with Gasteiger partial charge in [-0.1, -0.05) is 0 Å². The molecule has 3 heterocycles. The molecule has 0 amide bonds. The van der Waals surface area contributed by atoms with Gasteiger partial charge in [0.05, 0.1) is 0 Å². The predicted octanol–water partition coefficient (Wildman–Crippen LogP) is 10.9. The van der Waals surface area contributed by atoms with Gasteiger partial charge in [-0.2, -0.15) is 0 Å². The SMILES string of the molecule is FC(F)(F)C1(C(F)(F)F)O[P-]23(OC(c4ccccc4)(c4ccccc4)C2c2ccccc2)(OC(C(F)(F)F)(C(F)(F)F)c2ccccc23)c2ccccc21. The monoisotopic (exact) mass is 787 g/mol. The van der Waals surface area contributed by atoms with Crippen molar-refractivity contribution in [2.24, 2.45) is 0 Å². The molecular formula is C38H24F12O3P-. The zero-order valence-corrected chi connectivity index (χ0v) is 28.0. The van der Waals surface area contributed by atoms with Crippen LogP contribution >= 0.6 is 6.63 Å². The number of hydrogen-bond acceptors (Lipinski definition) is 3. The van der Waals surface area contributed by atoms with E-state index < -0.39 is 75.5 Å². The summed E-state index contributed by atoms with van der Waals surface area (Å²) in [5.41, 5.74) is -20.2. The Morgan fingerprint density at radius 3 is 1.06 bits per heavy atom. The van der Waals surface area contributed by atoms with E-state index in [9.17, 15) is 0 Å². The third kappa shape index (κ3) is 3.76. The normalized spacial score (nSPS) is 24.0. The number of rotatable bonds is 3. The van der Waals surface area contributed by atoms with E-state index >= 15 is 52.7 Å². The molecule has 3 aliphatic rings. The van der Waals surface area contributed by atoms with Gasteiger partial charge in [-0.3, -0.25) is 0 Å². The Balaban J connectivity index is 1.72. The van der Waals surface area contributed by atoms with E-state index in [4.69, 9.17) is 13.6 Å². The van der Waals surface area contributed by atoms with E-state index in [2.05, 4.69) is 0 Å². The molecule has 54 heavy (non-hydrogen) atoms. The van der Waals surface area contributed by atoms with Gasteiger partial charge >= 0.3 is 298 Å². The van der Waals surface area contributed by atoms with Gasteiger partial charge in [-0.25, -0.2) is 0 Å². The number of halogens is 12. The van der Waals surface area contributed by atoms with Gasteiger partial charge in [0.25, 0.3) is 0 Å². The van der Waals surface area contributed by atoms with Gasteiger partial charge in [0, 0.05) is 0 Å². The van der Waals surface area contributed by atoms with Crippen LogP contribution in [0.2, 0.25) is 0 Å². The molecule has 5 aromatic rings. The minimum atomic E-state index is -8.57. The van der Waals surface area contributed by atoms with Crippen LogP contribution in [0, 0.1) is 0 Å². The minimum absolute atomic E-state index is 0.0495. The molecule has 0 aliphatic carbocycles. The van der Waals surface area contributed by atoms with E-state index in [0.717, 1.165) is 24.3 Å². The molecule has 284 valence electrons. The summed E-state index contributed by atoms with van der Waals surface area (Å²) in [5, 5.41) is -2.76. The van der Waals surface area contributed by atoms with Crippen LogP contribution in [0.15, 0.2) is 140 Å².